The van der Waals surface area contributed by atoms with Gasteiger partial charge in [0.15, 0.2) is 0 Å². The predicted octanol–water partition coefficient (Wildman–Crippen LogP) is 3.60. The van der Waals surface area contributed by atoms with Crippen LogP contribution in [0.4, 0.5) is 0 Å². The second-order valence-corrected chi connectivity index (χ2v) is 4.32. The fraction of sp³-hybridized carbons (Fsp3) is 0.133. The van der Waals surface area contributed by atoms with E-state index in [1.165, 1.54) is 0 Å². The summed E-state index contributed by atoms with van der Waals surface area (Å²) in [6.07, 6.45) is 0.700. The first-order valence-electron chi connectivity index (χ1n) is 5.86. The van der Waals surface area contributed by atoms with Crippen LogP contribution in [-0.2, 0) is 11.2 Å². The summed E-state index contributed by atoms with van der Waals surface area (Å²) in [5, 5.41) is 10.8. The van der Waals surface area contributed by atoms with E-state index < -0.39 is 5.97 Å². The lowest BCUT2D eigenvalue weighted by Crippen LogP contribution is -1.96. The Kier molecular flexibility index (Phi) is 2.52. The van der Waals surface area contributed by atoms with Crippen LogP contribution in [0.1, 0.15) is 12.0 Å². The largest absolute Gasteiger partial charge is 0.481 e. The molecule has 1 N–H and O–H groups in total. The molecule has 0 unspecified atom stereocenters. The highest BCUT2D eigenvalue weighted by Crippen LogP contribution is 2.29. The Hall–Kier alpha value is -2.29. The van der Waals surface area contributed by atoms with Gasteiger partial charge in [0.05, 0.1) is 0 Å². The van der Waals surface area contributed by atoms with Crippen LogP contribution in [0.2, 0.25) is 0 Å². The van der Waals surface area contributed by atoms with E-state index in [9.17, 15) is 4.79 Å². The summed E-state index contributed by atoms with van der Waals surface area (Å²) in [6.45, 7) is 0. The van der Waals surface area contributed by atoms with Gasteiger partial charge in [-0.1, -0.05) is 24.3 Å². The fourth-order valence-electron chi connectivity index (χ4n) is 2.18. The molecule has 0 aliphatic carbocycles. The summed E-state index contributed by atoms with van der Waals surface area (Å²) in [5.74, 6) is -0.771. The number of rotatable bonds is 3. The van der Waals surface area contributed by atoms with Gasteiger partial charge < -0.3 is 9.52 Å². The maximum absolute atomic E-state index is 10.6. The smallest absolute Gasteiger partial charge is 0.303 e. The van der Waals surface area contributed by atoms with E-state index in [-0.39, 0.29) is 6.42 Å². The van der Waals surface area contributed by atoms with Crippen LogP contribution in [0.15, 0.2) is 46.9 Å². The lowest BCUT2D eigenvalue weighted by molar-refractivity contribution is -0.136. The molecule has 0 aliphatic heterocycles. The van der Waals surface area contributed by atoms with Crippen molar-refractivity contribution in [1.29, 1.82) is 0 Å². The Balaban J connectivity index is 2.09. The molecule has 3 nitrogen and oxygen atoms in total. The number of benzene rings is 2. The molecule has 0 aliphatic rings. The number of aryl methyl sites for hydroxylation is 1. The van der Waals surface area contributed by atoms with Crippen LogP contribution in [0.25, 0.3) is 21.9 Å². The molecule has 0 bridgehead atoms. The van der Waals surface area contributed by atoms with Crippen LogP contribution >= 0.6 is 0 Å². The van der Waals surface area contributed by atoms with Gasteiger partial charge in [-0.2, -0.15) is 0 Å². The zero-order valence-electron chi connectivity index (χ0n) is 9.72. The van der Waals surface area contributed by atoms with Crippen molar-refractivity contribution in [2.24, 2.45) is 0 Å². The Morgan fingerprint density at radius 1 is 1.06 bits per heavy atom. The number of para-hydroxylation sites is 1. The summed E-state index contributed by atoms with van der Waals surface area (Å²) < 4.78 is 5.72. The predicted molar refractivity (Wildman–Crippen MR) is 69.7 cm³/mol. The molecule has 2 aromatic carbocycles. The first-order valence-corrected chi connectivity index (χ1v) is 5.86. The minimum atomic E-state index is -0.771. The maximum atomic E-state index is 10.6. The molecule has 18 heavy (non-hydrogen) atoms. The Morgan fingerprint density at radius 3 is 2.67 bits per heavy atom. The van der Waals surface area contributed by atoms with E-state index >= 15 is 0 Å². The number of furan rings is 1. The summed E-state index contributed by atoms with van der Waals surface area (Å²) in [5.41, 5.74) is 2.73. The van der Waals surface area contributed by atoms with Crippen LogP contribution in [0.3, 0.4) is 0 Å². The third-order valence-corrected chi connectivity index (χ3v) is 3.07. The van der Waals surface area contributed by atoms with E-state index in [0.717, 1.165) is 27.5 Å². The monoisotopic (exact) mass is 240 g/mol. The molecular weight excluding hydrogens is 228 g/mol. The molecule has 1 heterocycles. The quantitative estimate of drug-likeness (QED) is 0.760. The molecule has 0 atom stereocenters. The average Bonchev–Trinajstić information content (AvgIpc) is 2.74. The number of hydrogen-bond donors (Lipinski definition) is 1. The van der Waals surface area contributed by atoms with Gasteiger partial charge >= 0.3 is 5.97 Å². The highest BCUT2D eigenvalue weighted by molar-refractivity contribution is 6.04. The first kappa shape index (κ1) is 10.8. The Morgan fingerprint density at radius 2 is 1.83 bits per heavy atom. The van der Waals surface area contributed by atoms with E-state index in [1.807, 2.05) is 42.5 Å². The zero-order chi connectivity index (χ0) is 12.5. The fourth-order valence-corrected chi connectivity index (χ4v) is 2.18. The summed E-state index contributed by atoms with van der Waals surface area (Å²) in [7, 11) is 0. The molecule has 0 spiro atoms. The van der Waals surface area contributed by atoms with Crippen molar-refractivity contribution in [2.75, 3.05) is 0 Å². The average molecular weight is 240 g/mol. The van der Waals surface area contributed by atoms with E-state index in [2.05, 4.69) is 0 Å². The van der Waals surface area contributed by atoms with Crippen molar-refractivity contribution in [3.8, 4) is 0 Å². The van der Waals surface area contributed by atoms with Crippen molar-refractivity contribution >= 4 is 27.9 Å². The van der Waals surface area contributed by atoms with Crippen molar-refractivity contribution in [3.63, 3.8) is 0 Å². The number of hydrogen-bond acceptors (Lipinski definition) is 2. The van der Waals surface area contributed by atoms with Gasteiger partial charge in [-0.25, -0.2) is 0 Å². The van der Waals surface area contributed by atoms with E-state index in [4.69, 9.17) is 9.52 Å². The van der Waals surface area contributed by atoms with Gasteiger partial charge in [0.1, 0.15) is 11.2 Å². The van der Waals surface area contributed by atoms with E-state index in [1.54, 1.807) is 0 Å². The number of carboxylic acids is 1. The SMILES string of the molecule is O=C(O)CCc1ccc2oc3ccccc3c2c1. The second-order valence-electron chi connectivity index (χ2n) is 4.32. The number of carbonyl (C=O) groups is 1. The van der Waals surface area contributed by atoms with Crippen molar-refractivity contribution in [2.45, 2.75) is 12.8 Å². The Bertz CT molecular complexity index is 725. The van der Waals surface area contributed by atoms with Gasteiger partial charge in [0.25, 0.3) is 0 Å². The maximum Gasteiger partial charge on any atom is 0.303 e. The molecule has 3 aromatic rings. The van der Waals surface area contributed by atoms with E-state index in [0.29, 0.717) is 6.42 Å². The lowest BCUT2D eigenvalue weighted by Gasteiger charge is -1.98. The topological polar surface area (TPSA) is 50.4 Å². The van der Waals surface area contributed by atoms with Crippen LogP contribution in [-0.4, -0.2) is 11.1 Å². The molecule has 3 rings (SSSR count). The van der Waals surface area contributed by atoms with Crippen molar-refractivity contribution in [3.05, 3.63) is 48.0 Å². The molecule has 0 saturated carbocycles. The molecule has 0 radical (unpaired) electrons. The van der Waals surface area contributed by atoms with Crippen LogP contribution in [0, 0.1) is 0 Å². The molecule has 0 amide bonds. The number of aliphatic carboxylic acids is 1. The normalized spacial score (nSPS) is 11.1. The van der Waals surface area contributed by atoms with Gasteiger partial charge in [0, 0.05) is 17.2 Å². The third-order valence-electron chi connectivity index (χ3n) is 3.07. The number of carboxylic acid groups (broad SMARTS) is 1. The third kappa shape index (κ3) is 1.84. The van der Waals surface area contributed by atoms with Gasteiger partial charge in [-0.15, -0.1) is 0 Å². The molecular formula is C15H12O3. The first-order chi connectivity index (χ1) is 8.74. The highest BCUT2D eigenvalue weighted by atomic mass is 16.4. The highest BCUT2D eigenvalue weighted by Gasteiger charge is 2.07. The van der Waals surface area contributed by atoms with Crippen molar-refractivity contribution in [1.82, 2.24) is 0 Å². The van der Waals surface area contributed by atoms with Crippen LogP contribution < -0.4 is 0 Å². The van der Waals surface area contributed by atoms with Crippen LogP contribution in [0.5, 0.6) is 0 Å². The van der Waals surface area contributed by atoms with Crippen molar-refractivity contribution < 1.29 is 14.3 Å². The Labute approximate surface area is 104 Å². The molecule has 0 fully saturated rings. The minimum Gasteiger partial charge on any atom is -0.481 e. The standard InChI is InChI=1S/C15H12O3/c16-15(17)8-6-10-5-7-14-12(9-10)11-3-1-2-4-13(11)18-14/h1-5,7,9H,6,8H2,(H,16,17). The molecule has 90 valence electrons. The zero-order valence-corrected chi connectivity index (χ0v) is 9.72. The minimum absolute atomic E-state index is 0.154. The van der Waals surface area contributed by atoms with Gasteiger partial charge in [0.2, 0.25) is 0 Å². The second kappa shape index (κ2) is 4.18. The summed E-state index contributed by atoms with van der Waals surface area (Å²) in [6, 6.07) is 13.7. The molecule has 0 saturated heterocycles. The molecule has 3 heteroatoms. The van der Waals surface area contributed by atoms with Gasteiger partial charge in [-0.3, -0.25) is 4.79 Å². The lowest BCUT2D eigenvalue weighted by atomic mass is 10.1. The summed E-state index contributed by atoms with van der Waals surface area (Å²) >= 11 is 0. The summed E-state index contributed by atoms with van der Waals surface area (Å²) in [4.78, 5) is 10.6. The van der Waals surface area contributed by atoms with Gasteiger partial charge in [-0.05, 0) is 30.2 Å². The molecule has 1 aromatic heterocycles. The number of fused-ring (bicyclic) bond motifs is 3.